The molecule has 4 aromatic heterocycles. The summed E-state index contributed by atoms with van der Waals surface area (Å²) in [5, 5.41) is 3.40. The van der Waals surface area contributed by atoms with Gasteiger partial charge in [-0.2, -0.15) is 0 Å². The van der Waals surface area contributed by atoms with E-state index in [-0.39, 0.29) is 0 Å². The number of fused-ring (bicyclic) bond motifs is 16. The molecule has 0 fully saturated rings. The normalized spacial score (nSPS) is 13.5. The van der Waals surface area contributed by atoms with Gasteiger partial charge in [-0.25, -0.2) is 4.98 Å². The first-order valence-electron chi connectivity index (χ1n) is 12.0. The first-order chi connectivity index (χ1) is 17.4. The van der Waals surface area contributed by atoms with Crippen LogP contribution in [0, 0.1) is 0 Å². The van der Waals surface area contributed by atoms with Gasteiger partial charge in [0.05, 0.1) is 22.7 Å². The maximum Gasteiger partial charge on any atom is 0.148 e. The molecule has 0 saturated carbocycles. The van der Waals surface area contributed by atoms with E-state index in [0.29, 0.717) is 0 Å². The molecule has 9 rings (SSSR count). The Kier molecular flexibility index (Phi) is 3.11. The highest BCUT2D eigenvalue weighted by atomic mass is 15.0. The SMILES string of the molecule is c1ccc2c(c1)Cc1ccc3c(c1-2)Cc1ccc2nc4c5cnccc5c5ccncc5n4c2c1-3. The smallest absolute Gasteiger partial charge is 0.148 e. The molecule has 0 spiro atoms. The number of pyridine rings is 3. The summed E-state index contributed by atoms with van der Waals surface area (Å²) in [6, 6.07) is 22.2. The van der Waals surface area contributed by atoms with Crippen molar-refractivity contribution in [3.05, 3.63) is 108 Å². The second-order valence-electron chi connectivity index (χ2n) is 9.69. The fourth-order valence-corrected chi connectivity index (χ4v) is 6.58. The van der Waals surface area contributed by atoms with E-state index in [1.807, 2.05) is 24.8 Å². The minimum absolute atomic E-state index is 0.942. The number of nitrogens with zero attached hydrogens (tertiary/aromatic N) is 4. The lowest BCUT2D eigenvalue weighted by Gasteiger charge is -2.11. The van der Waals surface area contributed by atoms with Crippen molar-refractivity contribution in [2.45, 2.75) is 12.8 Å². The lowest BCUT2D eigenvalue weighted by Crippen LogP contribution is -1.94. The maximum atomic E-state index is 5.15. The van der Waals surface area contributed by atoms with Crippen molar-refractivity contribution >= 4 is 38.4 Å². The minimum Gasteiger partial charge on any atom is -0.289 e. The highest BCUT2D eigenvalue weighted by molar-refractivity contribution is 6.15. The van der Waals surface area contributed by atoms with Crippen LogP contribution in [-0.4, -0.2) is 19.4 Å². The molecule has 3 aromatic carbocycles. The van der Waals surface area contributed by atoms with Gasteiger partial charge in [-0.05, 0) is 75.4 Å². The molecule has 0 radical (unpaired) electrons. The van der Waals surface area contributed by atoms with E-state index >= 15 is 0 Å². The van der Waals surface area contributed by atoms with Gasteiger partial charge in [-0.1, -0.05) is 42.5 Å². The molecule has 2 aliphatic carbocycles. The lowest BCUT2D eigenvalue weighted by molar-refractivity contribution is 1.23. The molecule has 0 unspecified atom stereocenters. The lowest BCUT2D eigenvalue weighted by atomic mass is 9.95. The van der Waals surface area contributed by atoms with Crippen molar-refractivity contribution in [3.63, 3.8) is 0 Å². The van der Waals surface area contributed by atoms with Crippen LogP contribution in [-0.2, 0) is 12.8 Å². The molecular formula is C31H18N4. The minimum atomic E-state index is 0.942. The van der Waals surface area contributed by atoms with Crippen LogP contribution < -0.4 is 0 Å². The second-order valence-corrected chi connectivity index (χ2v) is 9.69. The Morgan fingerprint density at radius 3 is 2.43 bits per heavy atom. The van der Waals surface area contributed by atoms with E-state index < -0.39 is 0 Å². The van der Waals surface area contributed by atoms with Gasteiger partial charge in [-0.15, -0.1) is 0 Å². The maximum absolute atomic E-state index is 5.15. The van der Waals surface area contributed by atoms with E-state index in [4.69, 9.17) is 4.98 Å². The standard InChI is InChI=1S/C31H18N4/c1-2-4-20-17(3-1)13-18-5-7-23-24(28(18)20)14-19-6-8-26-30(29(19)23)35-27-16-33-12-10-22(27)21-9-11-32-15-25(21)31(35)34-26/h1-12,15-16H,13-14H2. The molecule has 0 saturated heterocycles. The average Bonchev–Trinajstić information content (AvgIpc) is 3.59. The molecule has 162 valence electrons. The van der Waals surface area contributed by atoms with Crippen molar-refractivity contribution in [1.29, 1.82) is 0 Å². The first-order valence-corrected chi connectivity index (χ1v) is 12.0. The van der Waals surface area contributed by atoms with E-state index in [2.05, 4.69) is 75.0 Å². The van der Waals surface area contributed by atoms with Crippen molar-refractivity contribution in [3.8, 4) is 22.3 Å². The Bertz CT molecular complexity index is 2070. The largest absolute Gasteiger partial charge is 0.289 e. The zero-order valence-electron chi connectivity index (χ0n) is 18.8. The number of benzene rings is 3. The van der Waals surface area contributed by atoms with Gasteiger partial charge in [0, 0.05) is 34.9 Å². The van der Waals surface area contributed by atoms with Gasteiger partial charge in [-0.3, -0.25) is 14.4 Å². The van der Waals surface area contributed by atoms with Crippen LogP contribution in [0.15, 0.2) is 85.5 Å². The number of hydrogen-bond acceptors (Lipinski definition) is 3. The third-order valence-electron chi connectivity index (χ3n) is 8.00. The third kappa shape index (κ3) is 2.11. The molecule has 2 aliphatic rings. The zero-order chi connectivity index (χ0) is 22.7. The van der Waals surface area contributed by atoms with Gasteiger partial charge in [0.1, 0.15) is 5.65 Å². The summed E-state index contributed by atoms with van der Waals surface area (Å²) in [4.78, 5) is 14.1. The van der Waals surface area contributed by atoms with Crippen LogP contribution in [0.5, 0.6) is 0 Å². The number of rotatable bonds is 0. The molecular weight excluding hydrogens is 428 g/mol. The van der Waals surface area contributed by atoms with Crippen molar-refractivity contribution in [1.82, 2.24) is 19.4 Å². The van der Waals surface area contributed by atoms with E-state index in [1.165, 1.54) is 55.4 Å². The van der Waals surface area contributed by atoms with Gasteiger partial charge in [0.2, 0.25) is 0 Å². The third-order valence-corrected chi connectivity index (χ3v) is 8.00. The Morgan fingerprint density at radius 2 is 1.46 bits per heavy atom. The summed E-state index contributed by atoms with van der Waals surface area (Å²) < 4.78 is 2.32. The summed E-state index contributed by atoms with van der Waals surface area (Å²) >= 11 is 0. The van der Waals surface area contributed by atoms with E-state index in [0.717, 1.165) is 40.3 Å². The van der Waals surface area contributed by atoms with Crippen molar-refractivity contribution in [2.24, 2.45) is 0 Å². The van der Waals surface area contributed by atoms with Crippen molar-refractivity contribution < 1.29 is 0 Å². The fourth-order valence-electron chi connectivity index (χ4n) is 6.58. The van der Waals surface area contributed by atoms with Crippen LogP contribution in [0.25, 0.3) is 60.6 Å². The zero-order valence-corrected chi connectivity index (χ0v) is 18.8. The Balaban J connectivity index is 1.47. The molecule has 0 aliphatic heterocycles. The van der Waals surface area contributed by atoms with E-state index in [1.54, 1.807) is 0 Å². The monoisotopic (exact) mass is 446 g/mol. The van der Waals surface area contributed by atoms with Crippen LogP contribution in [0.4, 0.5) is 0 Å². The Morgan fingerprint density at radius 1 is 0.629 bits per heavy atom. The van der Waals surface area contributed by atoms with Gasteiger partial charge >= 0.3 is 0 Å². The quantitative estimate of drug-likeness (QED) is 0.243. The molecule has 4 heteroatoms. The summed E-state index contributed by atoms with van der Waals surface area (Å²) in [7, 11) is 0. The first kappa shape index (κ1) is 17.8. The summed E-state index contributed by atoms with van der Waals surface area (Å²) in [6.45, 7) is 0. The topological polar surface area (TPSA) is 43.1 Å². The number of hydrogen-bond donors (Lipinski definition) is 0. The highest BCUT2D eigenvalue weighted by Crippen LogP contribution is 2.49. The number of imidazole rings is 1. The molecule has 0 bridgehead atoms. The molecule has 7 aromatic rings. The van der Waals surface area contributed by atoms with Crippen LogP contribution in [0.1, 0.15) is 22.3 Å². The van der Waals surface area contributed by atoms with Crippen LogP contribution >= 0.6 is 0 Å². The molecule has 4 nitrogen and oxygen atoms in total. The number of aromatic nitrogens is 4. The van der Waals surface area contributed by atoms with Crippen molar-refractivity contribution in [2.75, 3.05) is 0 Å². The Hall–Kier alpha value is -4.57. The molecule has 0 amide bonds. The summed E-state index contributed by atoms with van der Waals surface area (Å²) in [6.07, 6.45) is 9.61. The van der Waals surface area contributed by atoms with Gasteiger partial charge in [0.15, 0.2) is 0 Å². The molecule has 4 heterocycles. The molecule has 0 atom stereocenters. The molecule has 0 N–H and O–H groups in total. The summed E-state index contributed by atoms with van der Waals surface area (Å²) in [5.74, 6) is 0. The van der Waals surface area contributed by atoms with Crippen LogP contribution in [0.3, 0.4) is 0 Å². The second kappa shape index (κ2) is 6.10. The predicted octanol–water partition coefficient (Wildman–Crippen LogP) is 6.73. The fraction of sp³-hybridized carbons (Fsp3) is 0.0645. The average molecular weight is 447 g/mol. The van der Waals surface area contributed by atoms with E-state index in [9.17, 15) is 0 Å². The highest BCUT2D eigenvalue weighted by Gasteiger charge is 2.30. The Labute approximate surface area is 200 Å². The van der Waals surface area contributed by atoms with Gasteiger partial charge in [0.25, 0.3) is 0 Å². The molecule has 35 heavy (non-hydrogen) atoms. The predicted molar refractivity (Wildman–Crippen MR) is 140 cm³/mol. The van der Waals surface area contributed by atoms with Crippen LogP contribution in [0.2, 0.25) is 0 Å². The summed E-state index contributed by atoms with van der Waals surface area (Å²) in [5.41, 5.74) is 15.4. The van der Waals surface area contributed by atoms with Gasteiger partial charge < -0.3 is 0 Å².